The van der Waals surface area contributed by atoms with Crippen molar-refractivity contribution in [2.24, 2.45) is 11.7 Å². The van der Waals surface area contributed by atoms with Gasteiger partial charge in [0.15, 0.2) is 0 Å². The third kappa shape index (κ3) is 7.41. The molecule has 1 nitrogen and oxygen atoms in total. The van der Waals surface area contributed by atoms with Crippen LogP contribution >= 0.6 is 0 Å². The maximum atomic E-state index is 6.27. The van der Waals surface area contributed by atoms with E-state index in [4.69, 9.17) is 5.73 Å². The minimum atomic E-state index is 0.511. The van der Waals surface area contributed by atoms with Crippen LogP contribution in [-0.2, 0) is 0 Å². The maximum Gasteiger partial charge on any atom is 0.00671 e. The zero-order valence-electron chi connectivity index (χ0n) is 12.6. The number of hydrogen-bond donors (Lipinski definition) is 1. The maximum absolute atomic E-state index is 6.27. The summed E-state index contributed by atoms with van der Waals surface area (Å²) in [6, 6.07) is 0.511. The highest BCUT2D eigenvalue weighted by Gasteiger charge is 2.21. The van der Waals surface area contributed by atoms with Crippen molar-refractivity contribution in [1.82, 2.24) is 0 Å². The van der Waals surface area contributed by atoms with E-state index in [0.717, 1.165) is 5.92 Å². The Morgan fingerprint density at radius 3 is 1.89 bits per heavy atom. The minimum Gasteiger partial charge on any atom is -0.327 e. The van der Waals surface area contributed by atoms with Crippen molar-refractivity contribution in [3.05, 3.63) is 0 Å². The second-order valence-electron chi connectivity index (χ2n) is 6.33. The zero-order chi connectivity index (χ0) is 13.1. The van der Waals surface area contributed by atoms with Crippen LogP contribution in [0.15, 0.2) is 0 Å². The van der Waals surface area contributed by atoms with Gasteiger partial charge in [0, 0.05) is 6.04 Å². The van der Waals surface area contributed by atoms with Crippen LogP contribution in [0.25, 0.3) is 0 Å². The van der Waals surface area contributed by atoms with Crippen LogP contribution in [0.2, 0.25) is 0 Å². The fourth-order valence-electron chi connectivity index (χ4n) is 3.31. The zero-order valence-corrected chi connectivity index (χ0v) is 12.6. The van der Waals surface area contributed by atoms with Crippen LogP contribution in [0.3, 0.4) is 0 Å². The molecule has 0 amide bonds. The summed E-state index contributed by atoms with van der Waals surface area (Å²) < 4.78 is 0. The van der Waals surface area contributed by atoms with Crippen LogP contribution in [0.4, 0.5) is 0 Å². The number of nitrogens with two attached hydrogens (primary N) is 1. The highest BCUT2D eigenvalue weighted by atomic mass is 14.6. The molecule has 1 heteroatoms. The van der Waals surface area contributed by atoms with E-state index in [9.17, 15) is 0 Å². The van der Waals surface area contributed by atoms with E-state index >= 15 is 0 Å². The van der Waals surface area contributed by atoms with Gasteiger partial charge in [-0.2, -0.15) is 0 Å². The van der Waals surface area contributed by atoms with Crippen LogP contribution in [0.5, 0.6) is 0 Å². The van der Waals surface area contributed by atoms with Crippen molar-refractivity contribution < 1.29 is 0 Å². The summed E-state index contributed by atoms with van der Waals surface area (Å²) in [6.07, 6.45) is 19.7. The normalized spacial score (nSPS) is 18.3. The molecule has 1 atom stereocenters. The molecule has 0 aromatic carbocycles. The monoisotopic (exact) mass is 253 g/mol. The van der Waals surface area contributed by atoms with Crippen LogP contribution < -0.4 is 5.73 Å². The topological polar surface area (TPSA) is 26.0 Å². The lowest BCUT2D eigenvalue weighted by Crippen LogP contribution is -2.28. The molecule has 1 aliphatic rings. The van der Waals surface area contributed by atoms with E-state index in [2.05, 4.69) is 6.92 Å². The summed E-state index contributed by atoms with van der Waals surface area (Å²) in [4.78, 5) is 0. The third-order valence-electron chi connectivity index (χ3n) is 4.65. The van der Waals surface area contributed by atoms with Crippen LogP contribution in [0.1, 0.15) is 96.8 Å². The van der Waals surface area contributed by atoms with Crippen LogP contribution in [0, 0.1) is 5.92 Å². The first kappa shape index (κ1) is 16.0. The standard InChI is InChI=1S/C17H35N/c1-2-3-4-5-6-7-8-9-10-15-17(18)16-13-11-12-14-16/h16-17H,2-15,18H2,1H3. The lowest BCUT2D eigenvalue weighted by atomic mass is 9.94. The molecule has 0 radical (unpaired) electrons. The van der Waals surface area contributed by atoms with Gasteiger partial charge in [-0.05, 0) is 25.2 Å². The van der Waals surface area contributed by atoms with Gasteiger partial charge in [-0.25, -0.2) is 0 Å². The summed E-state index contributed by atoms with van der Waals surface area (Å²) >= 11 is 0. The number of unbranched alkanes of at least 4 members (excludes halogenated alkanes) is 8. The Kier molecular flexibility index (Phi) is 9.65. The highest BCUT2D eigenvalue weighted by Crippen LogP contribution is 2.28. The summed E-state index contributed by atoms with van der Waals surface area (Å²) in [7, 11) is 0. The average molecular weight is 253 g/mol. The Hall–Kier alpha value is -0.0400. The van der Waals surface area contributed by atoms with Gasteiger partial charge in [0.1, 0.15) is 0 Å². The van der Waals surface area contributed by atoms with E-state index in [1.165, 1.54) is 89.9 Å². The Bertz CT molecular complexity index is 172. The molecule has 0 aromatic rings. The van der Waals surface area contributed by atoms with Gasteiger partial charge >= 0.3 is 0 Å². The molecule has 0 spiro atoms. The SMILES string of the molecule is CCCCCCCCCCCC(N)C1CCCC1. The second-order valence-corrected chi connectivity index (χ2v) is 6.33. The van der Waals surface area contributed by atoms with Gasteiger partial charge < -0.3 is 5.73 Å². The van der Waals surface area contributed by atoms with E-state index in [-0.39, 0.29) is 0 Å². The summed E-state index contributed by atoms with van der Waals surface area (Å²) in [5.74, 6) is 0.860. The Morgan fingerprint density at radius 1 is 0.833 bits per heavy atom. The number of hydrogen-bond acceptors (Lipinski definition) is 1. The Balaban J connectivity index is 1.80. The molecular weight excluding hydrogens is 218 g/mol. The Labute approximate surface area is 115 Å². The molecule has 0 aromatic heterocycles. The molecule has 18 heavy (non-hydrogen) atoms. The summed E-state index contributed by atoms with van der Waals surface area (Å²) in [5.41, 5.74) is 6.27. The molecule has 1 unspecified atom stereocenters. The van der Waals surface area contributed by atoms with Crippen LogP contribution in [-0.4, -0.2) is 6.04 Å². The fraction of sp³-hybridized carbons (Fsp3) is 1.00. The highest BCUT2D eigenvalue weighted by molar-refractivity contribution is 4.77. The van der Waals surface area contributed by atoms with Crippen molar-refractivity contribution in [2.45, 2.75) is 103 Å². The lowest BCUT2D eigenvalue weighted by Gasteiger charge is -2.18. The Morgan fingerprint density at radius 2 is 1.33 bits per heavy atom. The van der Waals surface area contributed by atoms with E-state index in [1.54, 1.807) is 0 Å². The summed E-state index contributed by atoms with van der Waals surface area (Å²) in [6.45, 7) is 2.29. The van der Waals surface area contributed by atoms with Gasteiger partial charge in [0.2, 0.25) is 0 Å². The van der Waals surface area contributed by atoms with Gasteiger partial charge in [-0.15, -0.1) is 0 Å². The van der Waals surface area contributed by atoms with E-state index < -0.39 is 0 Å². The molecule has 1 rings (SSSR count). The predicted octanol–water partition coefficient (Wildman–Crippen LogP) is 5.42. The first-order valence-electron chi connectivity index (χ1n) is 8.60. The molecule has 108 valence electrons. The van der Waals surface area contributed by atoms with E-state index in [0.29, 0.717) is 6.04 Å². The van der Waals surface area contributed by atoms with Gasteiger partial charge in [-0.1, -0.05) is 77.6 Å². The van der Waals surface area contributed by atoms with Crippen molar-refractivity contribution >= 4 is 0 Å². The first-order valence-corrected chi connectivity index (χ1v) is 8.60. The second kappa shape index (κ2) is 10.8. The smallest absolute Gasteiger partial charge is 0.00671 e. The van der Waals surface area contributed by atoms with Crippen molar-refractivity contribution in [3.8, 4) is 0 Å². The quantitative estimate of drug-likeness (QED) is 0.488. The van der Waals surface area contributed by atoms with Gasteiger partial charge in [0.25, 0.3) is 0 Å². The molecule has 0 aliphatic heterocycles. The van der Waals surface area contributed by atoms with E-state index in [1.807, 2.05) is 0 Å². The van der Waals surface area contributed by atoms with Gasteiger partial charge in [0.05, 0.1) is 0 Å². The largest absolute Gasteiger partial charge is 0.327 e. The number of rotatable bonds is 11. The lowest BCUT2D eigenvalue weighted by molar-refractivity contribution is 0.394. The molecular formula is C17H35N. The molecule has 2 N–H and O–H groups in total. The minimum absolute atomic E-state index is 0.511. The average Bonchev–Trinajstić information content (AvgIpc) is 2.90. The van der Waals surface area contributed by atoms with Crippen molar-refractivity contribution in [2.75, 3.05) is 0 Å². The van der Waals surface area contributed by atoms with Crippen molar-refractivity contribution in [3.63, 3.8) is 0 Å². The summed E-state index contributed by atoms with van der Waals surface area (Å²) in [5, 5.41) is 0. The van der Waals surface area contributed by atoms with Gasteiger partial charge in [-0.3, -0.25) is 0 Å². The third-order valence-corrected chi connectivity index (χ3v) is 4.65. The molecule has 0 saturated heterocycles. The van der Waals surface area contributed by atoms with Crippen molar-refractivity contribution in [1.29, 1.82) is 0 Å². The molecule has 0 bridgehead atoms. The molecule has 1 saturated carbocycles. The molecule has 1 fully saturated rings. The molecule has 1 aliphatic carbocycles. The fourth-order valence-corrected chi connectivity index (χ4v) is 3.31. The molecule has 0 heterocycles. The first-order chi connectivity index (χ1) is 8.84. The predicted molar refractivity (Wildman–Crippen MR) is 81.8 cm³/mol.